The lowest BCUT2D eigenvalue weighted by Crippen LogP contribution is -2.12. The van der Waals surface area contributed by atoms with E-state index in [1.807, 2.05) is 32.0 Å². The molecule has 1 aromatic heterocycles. The molecule has 0 fully saturated rings. The van der Waals surface area contributed by atoms with Gasteiger partial charge in [-0.3, -0.25) is 4.79 Å². The van der Waals surface area contributed by atoms with E-state index in [0.717, 1.165) is 21.2 Å². The number of aryl methyl sites for hydroxylation is 2. The second kappa shape index (κ2) is 6.94. The van der Waals surface area contributed by atoms with Gasteiger partial charge in [-0.15, -0.1) is 0 Å². The number of nitrogens with one attached hydrogen (secondary N) is 1. The lowest BCUT2D eigenvalue weighted by atomic mass is 10.1. The molecule has 0 radical (unpaired) electrons. The molecular weight excluding hydrogens is 404 g/mol. The van der Waals surface area contributed by atoms with Crippen molar-refractivity contribution in [3.05, 3.63) is 68.8 Å². The zero-order chi connectivity index (χ0) is 18.1. The first-order valence-corrected chi connectivity index (χ1v) is 8.75. The van der Waals surface area contributed by atoms with Gasteiger partial charge >= 0.3 is 0 Å². The topological polar surface area (TPSA) is 68.3 Å². The van der Waals surface area contributed by atoms with Crippen LogP contribution >= 0.6 is 27.5 Å². The molecule has 128 valence electrons. The summed E-state index contributed by atoms with van der Waals surface area (Å²) in [6.45, 7) is 3.84. The second-order valence-corrected chi connectivity index (χ2v) is 7.06. The zero-order valence-corrected chi connectivity index (χ0v) is 16.0. The van der Waals surface area contributed by atoms with E-state index >= 15 is 0 Å². The summed E-state index contributed by atoms with van der Waals surface area (Å²) in [5.41, 5.74) is 9.61. The van der Waals surface area contributed by atoms with Gasteiger partial charge in [-0.1, -0.05) is 33.6 Å². The van der Waals surface area contributed by atoms with Crippen LogP contribution in [0.25, 0.3) is 11.3 Å². The minimum atomic E-state index is -0.371. The van der Waals surface area contributed by atoms with Crippen molar-refractivity contribution >= 4 is 44.8 Å². The smallest absolute Gasteiger partial charge is 0.291 e. The van der Waals surface area contributed by atoms with Gasteiger partial charge in [0.25, 0.3) is 5.91 Å². The molecule has 1 amide bonds. The number of furan rings is 1. The van der Waals surface area contributed by atoms with Crippen molar-refractivity contribution in [2.75, 3.05) is 11.1 Å². The molecule has 0 unspecified atom stereocenters. The molecule has 0 saturated heterocycles. The molecule has 0 aliphatic carbocycles. The van der Waals surface area contributed by atoms with Gasteiger partial charge in [-0.25, -0.2) is 0 Å². The molecule has 6 heteroatoms. The van der Waals surface area contributed by atoms with E-state index in [1.54, 1.807) is 24.3 Å². The van der Waals surface area contributed by atoms with Gasteiger partial charge in [-0.2, -0.15) is 0 Å². The van der Waals surface area contributed by atoms with E-state index < -0.39 is 0 Å². The van der Waals surface area contributed by atoms with Crippen LogP contribution < -0.4 is 11.1 Å². The summed E-state index contributed by atoms with van der Waals surface area (Å²) in [7, 11) is 0. The highest BCUT2D eigenvalue weighted by Gasteiger charge is 2.16. The van der Waals surface area contributed by atoms with Gasteiger partial charge in [0.05, 0.1) is 10.7 Å². The van der Waals surface area contributed by atoms with Crippen LogP contribution in [0.3, 0.4) is 0 Å². The number of rotatable bonds is 3. The first-order valence-electron chi connectivity index (χ1n) is 7.58. The Morgan fingerprint density at radius 3 is 2.60 bits per heavy atom. The maximum atomic E-state index is 12.5. The fourth-order valence-electron chi connectivity index (χ4n) is 2.53. The third kappa shape index (κ3) is 3.72. The van der Waals surface area contributed by atoms with Crippen LogP contribution in [-0.2, 0) is 0 Å². The van der Waals surface area contributed by atoms with E-state index in [1.165, 1.54) is 0 Å². The van der Waals surface area contributed by atoms with Crippen molar-refractivity contribution in [1.82, 2.24) is 0 Å². The van der Waals surface area contributed by atoms with Crippen LogP contribution in [0.4, 0.5) is 11.4 Å². The third-order valence-corrected chi connectivity index (χ3v) is 4.72. The minimum Gasteiger partial charge on any atom is -0.451 e. The van der Waals surface area contributed by atoms with Crippen LogP contribution in [-0.4, -0.2) is 5.91 Å². The van der Waals surface area contributed by atoms with Crippen LogP contribution in [0.2, 0.25) is 5.02 Å². The van der Waals surface area contributed by atoms with Crippen LogP contribution in [0.1, 0.15) is 21.7 Å². The van der Waals surface area contributed by atoms with Gasteiger partial charge in [-0.05, 0) is 61.4 Å². The molecule has 0 spiro atoms. The maximum Gasteiger partial charge on any atom is 0.291 e. The summed E-state index contributed by atoms with van der Waals surface area (Å²) in [4.78, 5) is 12.5. The Kier molecular flexibility index (Phi) is 4.88. The van der Waals surface area contributed by atoms with Crippen molar-refractivity contribution in [3.8, 4) is 11.3 Å². The Labute approximate surface area is 159 Å². The molecule has 0 saturated carbocycles. The van der Waals surface area contributed by atoms with Crippen molar-refractivity contribution in [2.45, 2.75) is 13.8 Å². The Morgan fingerprint density at radius 1 is 1.16 bits per heavy atom. The molecule has 4 nitrogen and oxygen atoms in total. The summed E-state index contributed by atoms with van der Waals surface area (Å²) in [6, 6.07) is 12.7. The van der Waals surface area contributed by atoms with E-state index in [0.29, 0.717) is 22.2 Å². The quantitative estimate of drug-likeness (QED) is 0.526. The predicted molar refractivity (Wildman–Crippen MR) is 105 cm³/mol. The number of nitrogens with two attached hydrogens (primary N) is 1. The molecule has 3 rings (SSSR count). The van der Waals surface area contributed by atoms with Crippen LogP contribution in [0, 0.1) is 13.8 Å². The zero-order valence-electron chi connectivity index (χ0n) is 13.7. The van der Waals surface area contributed by atoms with Crippen LogP contribution in [0.15, 0.2) is 51.4 Å². The molecule has 0 atom stereocenters. The second-order valence-electron chi connectivity index (χ2n) is 5.80. The van der Waals surface area contributed by atoms with Crippen LogP contribution in [0.5, 0.6) is 0 Å². The average Bonchev–Trinajstić information content (AvgIpc) is 3.00. The molecule has 1 heterocycles. The third-order valence-electron chi connectivity index (χ3n) is 3.77. The lowest BCUT2D eigenvalue weighted by Gasteiger charge is -2.10. The Morgan fingerprint density at radius 2 is 1.92 bits per heavy atom. The molecule has 25 heavy (non-hydrogen) atoms. The van der Waals surface area contributed by atoms with Crippen molar-refractivity contribution < 1.29 is 9.21 Å². The number of nitrogen functional groups attached to an aromatic ring is 1. The summed E-state index contributed by atoms with van der Waals surface area (Å²) >= 11 is 9.69. The summed E-state index contributed by atoms with van der Waals surface area (Å²) < 4.78 is 6.63. The normalized spacial score (nSPS) is 10.7. The number of amides is 1. The monoisotopic (exact) mass is 418 g/mol. The Hall–Kier alpha value is -2.24. The summed E-state index contributed by atoms with van der Waals surface area (Å²) in [5.74, 6) is 0.441. The molecule has 0 aliphatic rings. The fourth-order valence-corrected chi connectivity index (χ4v) is 3.54. The SMILES string of the molecule is Cc1ccc(-c2ccc(C(=O)Nc3c(C)cc(N)cc3Cl)o2)c(Br)c1. The molecule has 3 N–H and O–H groups in total. The molecule has 3 aromatic rings. The van der Waals surface area contributed by atoms with Crippen molar-refractivity contribution in [2.24, 2.45) is 0 Å². The number of benzene rings is 2. The largest absolute Gasteiger partial charge is 0.451 e. The van der Waals surface area contributed by atoms with Gasteiger partial charge < -0.3 is 15.5 Å². The number of halogens is 2. The van der Waals surface area contributed by atoms with Gasteiger partial charge in [0.1, 0.15) is 5.76 Å². The molecule has 2 aromatic carbocycles. The minimum absolute atomic E-state index is 0.203. The average molecular weight is 420 g/mol. The Bertz CT molecular complexity index is 943. The van der Waals surface area contributed by atoms with E-state index in [2.05, 4.69) is 21.2 Å². The van der Waals surface area contributed by atoms with Crippen molar-refractivity contribution in [3.63, 3.8) is 0 Å². The van der Waals surface area contributed by atoms with Gasteiger partial charge in [0.2, 0.25) is 0 Å². The highest BCUT2D eigenvalue weighted by atomic mass is 79.9. The van der Waals surface area contributed by atoms with Crippen molar-refractivity contribution in [1.29, 1.82) is 0 Å². The summed E-state index contributed by atoms with van der Waals surface area (Å²) in [6.07, 6.45) is 0. The molecular formula is C19H16BrClN2O2. The predicted octanol–water partition coefficient (Wildman–Crippen LogP) is 5.81. The van der Waals surface area contributed by atoms with Gasteiger partial charge in [0, 0.05) is 15.7 Å². The number of hydrogen-bond donors (Lipinski definition) is 2. The van der Waals surface area contributed by atoms with E-state index in [4.69, 9.17) is 21.8 Å². The maximum absolute atomic E-state index is 12.5. The number of anilines is 2. The number of carbonyl (C=O) groups is 1. The molecule has 0 bridgehead atoms. The van der Waals surface area contributed by atoms with E-state index in [9.17, 15) is 4.79 Å². The Balaban J connectivity index is 1.86. The number of hydrogen-bond acceptors (Lipinski definition) is 3. The highest BCUT2D eigenvalue weighted by Crippen LogP contribution is 2.32. The van der Waals surface area contributed by atoms with E-state index in [-0.39, 0.29) is 11.7 Å². The summed E-state index contributed by atoms with van der Waals surface area (Å²) in [5, 5.41) is 3.17. The highest BCUT2D eigenvalue weighted by molar-refractivity contribution is 9.10. The first kappa shape index (κ1) is 17.6. The van der Waals surface area contributed by atoms with Gasteiger partial charge in [0.15, 0.2) is 5.76 Å². The lowest BCUT2D eigenvalue weighted by molar-refractivity contribution is 0.0997. The molecule has 0 aliphatic heterocycles. The first-order chi connectivity index (χ1) is 11.8. The standard InChI is InChI=1S/C19H16BrClN2O2/c1-10-3-4-13(14(20)7-10)16-5-6-17(25-16)19(24)23-18-11(2)8-12(22)9-15(18)21/h3-9H,22H2,1-2H3,(H,23,24). The fraction of sp³-hybridized carbons (Fsp3) is 0.105. The number of carbonyl (C=O) groups excluding carboxylic acids is 1.